The molecular formula is C26H29ClN2O3S. The summed E-state index contributed by atoms with van der Waals surface area (Å²) in [6.07, 6.45) is 1.60. The van der Waals surface area contributed by atoms with Crippen LogP contribution in [0.2, 0.25) is 5.02 Å². The predicted octanol–water partition coefficient (Wildman–Crippen LogP) is 5.21. The first kappa shape index (κ1) is 24.8. The van der Waals surface area contributed by atoms with Gasteiger partial charge < -0.3 is 5.32 Å². The molecule has 1 amide bonds. The molecule has 0 saturated heterocycles. The van der Waals surface area contributed by atoms with Crippen molar-refractivity contribution in [3.63, 3.8) is 0 Å². The third-order valence-corrected chi connectivity index (χ3v) is 7.59. The van der Waals surface area contributed by atoms with E-state index in [2.05, 4.69) is 29.6 Å². The van der Waals surface area contributed by atoms with Crippen LogP contribution < -0.4 is 9.62 Å². The van der Waals surface area contributed by atoms with Gasteiger partial charge in [-0.2, -0.15) is 0 Å². The van der Waals surface area contributed by atoms with Crippen LogP contribution >= 0.6 is 11.6 Å². The lowest BCUT2D eigenvalue weighted by Gasteiger charge is -2.25. The Morgan fingerprint density at radius 1 is 0.909 bits per heavy atom. The van der Waals surface area contributed by atoms with Crippen molar-refractivity contribution >= 4 is 33.2 Å². The highest BCUT2D eigenvalue weighted by Crippen LogP contribution is 2.26. The molecule has 0 unspecified atom stereocenters. The molecule has 0 spiro atoms. The largest absolute Gasteiger partial charge is 0.355 e. The Bertz CT molecular complexity index is 1210. The average molecular weight is 485 g/mol. The number of anilines is 1. The summed E-state index contributed by atoms with van der Waals surface area (Å²) in [7, 11) is -3.96. The van der Waals surface area contributed by atoms with Crippen LogP contribution in [0.1, 0.15) is 28.7 Å². The second-order valence-corrected chi connectivity index (χ2v) is 10.5. The molecule has 0 bridgehead atoms. The predicted molar refractivity (Wildman–Crippen MR) is 134 cm³/mol. The lowest BCUT2D eigenvalue weighted by Crippen LogP contribution is -2.41. The van der Waals surface area contributed by atoms with Crippen LogP contribution in [0.5, 0.6) is 0 Å². The molecule has 0 aliphatic heterocycles. The topological polar surface area (TPSA) is 66.5 Å². The van der Waals surface area contributed by atoms with Gasteiger partial charge >= 0.3 is 0 Å². The number of aryl methyl sites for hydroxylation is 4. The first-order valence-corrected chi connectivity index (χ1v) is 12.7. The van der Waals surface area contributed by atoms with E-state index < -0.39 is 10.0 Å². The highest BCUT2D eigenvalue weighted by atomic mass is 35.5. The zero-order chi connectivity index (χ0) is 24.0. The lowest BCUT2D eigenvalue weighted by atomic mass is 10.1. The number of benzene rings is 3. The minimum atomic E-state index is -3.96. The van der Waals surface area contributed by atoms with E-state index in [1.54, 1.807) is 12.1 Å². The quantitative estimate of drug-likeness (QED) is 0.424. The number of hydrogen-bond donors (Lipinski definition) is 1. The number of rotatable bonds is 9. The van der Waals surface area contributed by atoms with Crippen molar-refractivity contribution in [3.8, 4) is 0 Å². The van der Waals surface area contributed by atoms with Crippen LogP contribution in [-0.4, -0.2) is 27.4 Å². The summed E-state index contributed by atoms with van der Waals surface area (Å²) in [5, 5.41) is 3.30. The van der Waals surface area contributed by atoms with E-state index in [9.17, 15) is 13.2 Å². The van der Waals surface area contributed by atoms with Crippen molar-refractivity contribution in [2.24, 2.45) is 0 Å². The Morgan fingerprint density at radius 2 is 1.58 bits per heavy atom. The van der Waals surface area contributed by atoms with Crippen LogP contribution in [-0.2, 0) is 21.2 Å². The third kappa shape index (κ3) is 6.59. The Balaban J connectivity index is 1.73. The molecule has 174 valence electrons. The fraction of sp³-hybridized carbons (Fsp3) is 0.269. The number of nitrogens with one attached hydrogen (secondary N) is 1. The van der Waals surface area contributed by atoms with Gasteiger partial charge in [0.25, 0.3) is 10.0 Å². The van der Waals surface area contributed by atoms with Gasteiger partial charge in [0.1, 0.15) is 6.54 Å². The highest BCUT2D eigenvalue weighted by Gasteiger charge is 2.27. The summed E-state index contributed by atoms with van der Waals surface area (Å²) in [6.45, 7) is 6.07. The standard InChI is InChI=1S/C26H29ClN2O3S/c1-19-6-9-22(10-7-19)5-4-16-28-26(30)18-29(24-13-8-20(2)21(3)17-24)33(31,32)25-14-11-23(27)12-15-25/h6-15,17H,4-5,16,18H2,1-3H3,(H,28,30). The molecule has 0 aromatic heterocycles. The minimum Gasteiger partial charge on any atom is -0.355 e. The smallest absolute Gasteiger partial charge is 0.264 e. The average Bonchev–Trinajstić information content (AvgIpc) is 2.78. The normalized spacial score (nSPS) is 11.3. The second-order valence-electron chi connectivity index (χ2n) is 8.17. The molecular weight excluding hydrogens is 456 g/mol. The Labute approximate surface area is 201 Å². The van der Waals surface area contributed by atoms with Gasteiger partial charge in [-0.1, -0.05) is 47.5 Å². The summed E-state index contributed by atoms with van der Waals surface area (Å²) in [5.74, 6) is -0.352. The molecule has 3 rings (SSSR count). The van der Waals surface area contributed by atoms with E-state index in [0.717, 1.165) is 28.3 Å². The number of hydrogen-bond acceptors (Lipinski definition) is 3. The second kappa shape index (κ2) is 10.9. The molecule has 0 radical (unpaired) electrons. The van der Waals surface area contributed by atoms with Crippen LogP contribution in [0.25, 0.3) is 0 Å². The van der Waals surface area contributed by atoms with Crippen LogP contribution in [0.4, 0.5) is 5.69 Å². The van der Waals surface area contributed by atoms with E-state index in [0.29, 0.717) is 17.3 Å². The first-order valence-electron chi connectivity index (χ1n) is 10.8. The number of halogens is 1. The Morgan fingerprint density at radius 3 is 2.21 bits per heavy atom. The van der Waals surface area contributed by atoms with Gasteiger partial charge in [-0.05, 0) is 86.7 Å². The van der Waals surface area contributed by atoms with Crippen LogP contribution in [0, 0.1) is 20.8 Å². The van der Waals surface area contributed by atoms with Crippen LogP contribution in [0.15, 0.2) is 71.6 Å². The Kier molecular flexibility index (Phi) is 8.16. The van der Waals surface area contributed by atoms with E-state index in [1.165, 1.54) is 35.4 Å². The summed E-state index contributed by atoms with van der Waals surface area (Å²) < 4.78 is 28.0. The minimum absolute atomic E-state index is 0.0808. The summed E-state index contributed by atoms with van der Waals surface area (Å²) >= 11 is 5.93. The van der Waals surface area contributed by atoms with Crippen molar-refractivity contribution in [2.75, 3.05) is 17.4 Å². The summed E-state index contributed by atoms with van der Waals surface area (Å²) in [4.78, 5) is 12.8. The lowest BCUT2D eigenvalue weighted by molar-refractivity contribution is -0.119. The summed E-state index contributed by atoms with van der Waals surface area (Å²) in [6, 6.07) is 19.6. The van der Waals surface area contributed by atoms with Gasteiger partial charge in [0.2, 0.25) is 5.91 Å². The zero-order valence-electron chi connectivity index (χ0n) is 19.1. The first-order chi connectivity index (χ1) is 15.7. The van der Waals surface area contributed by atoms with Crippen molar-refractivity contribution in [2.45, 2.75) is 38.5 Å². The van der Waals surface area contributed by atoms with Gasteiger partial charge in [0.05, 0.1) is 10.6 Å². The molecule has 5 nitrogen and oxygen atoms in total. The maximum absolute atomic E-state index is 13.4. The third-order valence-electron chi connectivity index (χ3n) is 5.55. The molecule has 0 atom stereocenters. The molecule has 3 aromatic rings. The highest BCUT2D eigenvalue weighted by molar-refractivity contribution is 7.92. The molecule has 3 aromatic carbocycles. The maximum atomic E-state index is 13.4. The fourth-order valence-corrected chi connectivity index (χ4v) is 4.93. The van der Waals surface area contributed by atoms with Crippen molar-refractivity contribution in [1.82, 2.24) is 5.32 Å². The molecule has 1 N–H and O–H groups in total. The SMILES string of the molecule is Cc1ccc(CCCNC(=O)CN(c2ccc(C)c(C)c2)S(=O)(=O)c2ccc(Cl)cc2)cc1. The van der Waals surface area contributed by atoms with Crippen molar-refractivity contribution in [1.29, 1.82) is 0 Å². The van der Waals surface area contributed by atoms with Gasteiger partial charge in [-0.3, -0.25) is 9.10 Å². The number of carbonyl (C=O) groups excluding carboxylic acids is 1. The maximum Gasteiger partial charge on any atom is 0.264 e. The van der Waals surface area contributed by atoms with E-state index in [1.807, 2.05) is 26.8 Å². The van der Waals surface area contributed by atoms with Gasteiger partial charge in [0.15, 0.2) is 0 Å². The zero-order valence-corrected chi connectivity index (χ0v) is 20.7. The Hall–Kier alpha value is -2.83. The van der Waals surface area contributed by atoms with Gasteiger partial charge in [0, 0.05) is 11.6 Å². The van der Waals surface area contributed by atoms with Gasteiger partial charge in [-0.25, -0.2) is 8.42 Å². The van der Waals surface area contributed by atoms with E-state index in [4.69, 9.17) is 11.6 Å². The van der Waals surface area contributed by atoms with E-state index in [-0.39, 0.29) is 17.3 Å². The van der Waals surface area contributed by atoms with Crippen molar-refractivity contribution < 1.29 is 13.2 Å². The number of nitrogens with zero attached hydrogens (tertiary/aromatic N) is 1. The monoisotopic (exact) mass is 484 g/mol. The van der Waals surface area contributed by atoms with Gasteiger partial charge in [-0.15, -0.1) is 0 Å². The molecule has 0 aliphatic rings. The molecule has 0 fully saturated rings. The van der Waals surface area contributed by atoms with Crippen LogP contribution in [0.3, 0.4) is 0 Å². The molecule has 7 heteroatoms. The number of amides is 1. The van der Waals surface area contributed by atoms with E-state index >= 15 is 0 Å². The molecule has 0 saturated carbocycles. The van der Waals surface area contributed by atoms with Crippen molar-refractivity contribution in [3.05, 3.63) is 94.0 Å². The molecule has 33 heavy (non-hydrogen) atoms. The number of sulfonamides is 1. The molecule has 0 heterocycles. The fourth-order valence-electron chi connectivity index (χ4n) is 3.39. The molecule has 0 aliphatic carbocycles. The number of carbonyl (C=O) groups is 1. The summed E-state index contributed by atoms with van der Waals surface area (Å²) in [5.41, 5.74) is 4.85.